The van der Waals surface area contributed by atoms with E-state index in [0.717, 1.165) is 20.1 Å². The fourth-order valence-electron chi connectivity index (χ4n) is 2.22. The smallest absolute Gasteiger partial charge is 0.250 e. The van der Waals surface area contributed by atoms with Gasteiger partial charge in [-0.2, -0.15) is 5.10 Å². The van der Waals surface area contributed by atoms with E-state index in [9.17, 15) is 4.79 Å². The van der Waals surface area contributed by atoms with Crippen molar-refractivity contribution in [1.82, 2.24) is 20.2 Å². The van der Waals surface area contributed by atoms with Crippen molar-refractivity contribution < 1.29 is 4.79 Å². The van der Waals surface area contributed by atoms with Gasteiger partial charge in [-0.1, -0.05) is 23.4 Å². The summed E-state index contributed by atoms with van der Waals surface area (Å²) in [6.07, 6.45) is 1.62. The van der Waals surface area contributed by atoms with Crippen molar-refractivity contribution in [1.29, 1.82) is 0 Å². The Labute approximate surface area is 178 Å². The summed E-state index contributed by atoms with van der Waals surface area (Å²) in [4.78, 5) is 13.0. The number of hydrazone groups is 1. The molecule has 0 aliphatic rings. The van der Waals surface area contributed by atoms with Crippen LogP contribution in [0.1, 0.15) is 11.8 Å². The monoisotopic (exact) mass is 483 g/mol. The van der Waals surface area contributed by atoms with E-state index in [1.165, 1.54) is 23.1 Å². The number of rotatable bonds is 7. The molecule has 0 radical (unpaired) electrons. The van der Waals surface area contributed by atoms with Crippen LogP contribution in [0.25, 0.3) is 11.4 Å². The molecular weight excluding hydrogens is 470 g/mol. The number of halogens is 2. The Balaban J connectivity index is 1.59. The largest absolute Gasteiger partial charge is 0.302 e. The molecule has 6 nitrogen and oxygen atoms in total. The highest BCUT2D eigenvalue weighted by molar-refractivity contribution is 9.11. The van der Waals surface area contributed by atoms with Gasteiger partial charge in [0.15, 0.2) is 11.0 Å². The number of thioether (sulfide) groups is 1. The van der Waals surface area contributed by atoms with Crippen LogP contribution in [0.15, 0.2) is 50.4 Å². The molecule has 1 aromatic carbocycles. The third-order valence-electron chi connectivity index (χ3n) is 3.44. The molecule has 10 heteroatoms. The fraction of sp³-hybridized carbons (Fsp3) is 0.176. The van der Waals surface area contributed by atoms with Gasteiger partial charge in [0, 0.05) is 22.0 Å². The van der Waals surface area contributed by atoms with Gasteiger partial charge in [0.05, 0.1) is 15.8 Å². The molecule has 2 aromatic heterocycles. The number of carbonyl (C=O) groups excluding carboxylic acids is 1. The molecule has 3 rings (SSSR count). The molecule has 1 N–H and O–H groups in total. The van der Waals surface area contributed by atoms with Crippen molar-refractivity contribution in [2.75, 3.05) is 5.75 Å². The highest BCUT2D eigenvalue weighted by Gasteiger charge is 2.14. The lowest BCUT2D eigenvalue weighted by Gasteiger charge is -2.07. The summed E-state index contributed by atoms with van der Waals surface area (Å²) in [6, 6.07) is 11.3. The second-order valence-corrected chi connectivity index (χ2v) is 9.15. The second-order valence-electron chi connectivity index (χ2n) is 5.28. The van der Waals surface area contributed by atoms with Crippen LogP contribution in [0.2, 0.25) is 5.02 Å². The van der Waals surface area contributed by atoms with E-state index >= 15 is 0 Å². The maximum atomic E-state index is 12.0. The van der Waals surface area contributed by atoms with Gasteiger partial charge < -0.3 is 4.57 Å². The molecule has 0 spiro atoms. The number of nitrogens with one attached hydrogen (secondary N) is 1. The number of hydrogen-bond donors (Lipinski definition) is 1. The van der Waals surface area contributed by atoms with Gasteiger partial charge >= 0.3 is 0 Å². The molecule has 0 atom stereocenters. The quantitative estimate of drug-likeness (QED) is 0.300. The van der Waals surface area contributed by atoms with Crippen LogP contribution in [0.5, 0.6) is 0 Å². The van der Waals surface area contributed by atoms with E-state index in [-0.39, 0.29) is 11.7 Å². The van der Waals surface area contributed by atoms with E-state index in [4.69, 9.17) is 11.6 Å². The Morgan fingerprint density at radius 1 is 1.33 bits per heavy atom. The fourth-order valence-corrected chi connectivity index (χ4v) is 4.44. The molecule has 0 aliphatic heterocycles. The molecular formula is C17H15BrClN5OS2. The summed E-state index contributed by atoms with van der Waals surface area (Å²) >= 11 is 12.2. The molecule has 0 fully saturated rings. The van der Waals surface area contributed by atoms with Crippen LogP contribution in [0.4, 0.5) is 0 Å². The number of aromatic nitrogens is 3. The minimum absolute atomic E-state index is 0.199. The minimum atomic E-state index is -0.203. The number of thiophene rings is 1. The lowest BCUT2D eigenvalue weighted by atomic mass is 10.2. The lowest BCUT2D eigenvalue weighted by molar-refractivity contribution is -0.118. The summed E-state index contributed by atoms with van der Waals surface area (Å²) in [5.41, 5.74) is 3.45. The molecule has 3 aromatic rings. The molecule has 27 heavy (non-hydrogen) atoms. The van der Waals surface area contributed by atoms with Gasteiger partial charge in [-0.3, -0.25) is 4.79 Å². The molecule has 0 unspecified atom stereocenters. The molecule has 1 amide bonds. The van der Waals surface area contributed by atoms with Gasteiger partial charge in [0.2, 0.25) is 0 Å². The number of amides is 1. The first-order valence-electron chi connectivity index (χ1n) is 7.96. The van der Waals surface area contributed by atoms with E-state index < -0.39 is 0 Å². The summed E-state index contributed by atoms with van der Waals surface area (Å²) < 4.78 is 2.98. The third kappa shape index (κ3) is 5.41. The molecule has 0 saturated heterocycles. The topological polar surface area (TPSA) is 72.2 Å². The SMILES string of the molecule is CCn1c(SCC(=O)NN=Cc2ccc(Br)s2)nnc1-c1ccc(Cl)cc1. The van der Waals surface area contributed by atoms with Crippen LogP contribution < -0.4 is 5.43 Å². The predicted molar refractivity (Wildman–Crippen MR) is 115 cm³/mol. The van der Waals surface area contributed by atoms with Crippen molar-refractivity contribution in [3.63, 3.8) is 0 Å². The second kappa shape index (κ2) is 9.50. The zero-order valence-corrected chi connectivity index (χ0v) is 18.2. The Morgan fingerprint density at radius 3 is 2.78 bits per heavy atom. The highest BCUT2D eigenvalue weighted by Crippen LogP contribution is 2.25. The standard InChI is InChI=1S/C17H15BrClN5OS2/c1-2-24-16(11-3-5-12(19)6-4-11)22-23-17(24)26-10-15(25)21-20-9-13-7-8-14(18)27-13/h3-9H,2,10H2,1H3,(H,21,25). The van der Waals surface area contributed by atoms with Gasteiger partial charge in [0.1, 0.15) is 0 Å². The first-order chi connectivity index (χ1) is 13.1. The number of carbonyl (C=O) groups is 1. The van der Waals surface area contributed by atoms with Crippen molar-refractivity contribution in [3.8, 4) is 11.4 Å². The number of nitrogens with zero attached hydrogens (tertiary/aromatic N) is 4. The summed E-state index contributed by atoms with van der Waals surface area (Å²) in [5, 5.41) is 13.8. The first-order valence-corrected chi connectivity index (χ1v) is 10.9. The molecule has 0 aliphatic carbocycles. The van der Waals surface area contributed by atoms with Crippen molar-refractivity contribution in [2.45, 2.75) is 18.6 Å². The lowest BCUT2D eigenvalue weighted by Crippen LogP contribution is -2.19. The van der Waals surface area contributed by atoms with Crippen LogP contribution in [0, 0.1) is 0 Å². The highest BCUT2D eigenvalue weighted by atomic mass is 79.9. The number of benzene rings is 1. The van der Waals surface area contributed by atoms with Gasteiger partial charge in [-0.05, 0) is 59.3 Å². The Hall–Kier alpha value is -1.68. The van der Waals surface area contributed by atoms with Crippen LogP contribution in [-0.4, -0.2) is 32.6 Å². The van der Waals surface area contributed by atoms with E-state index in [1.807, 2.05) is 47.9 Å². The average Bonchev–Trinajstić information content (AvgIpc) is 3.26. The van der Waals surface area contributed by atoms with Crippen molar-refractivity contribution >= 4 is 62.8 Å². The Kier molecular flexibility index (Phi) is 7.06. The first kappa shape index (κ1) is 20.1. The molecule has 140 valence electrons. The summed E-state index contributed by atoms with van der Waals surface area (Å²) in [5.74, 6) is 0.744. The zero-order valence-electron chi connectivity index (χ0n) is 14.2. The van der Waals surface area contributed by atoms with Gasteiger partial charge in [-0.15, -0.1) is 21.5 Å². The molecule has 0 bridgehead atoms. The van der Waals surface area contributed by atoms with Crippen molar-refractivity contribution in [3.05, 3.63) is 50.1 Å². The van der Waals surface area contributed by atoms with E-state index in [1.54, 1.807) is 6.21 Å². The number of hydrogen-bond acceptors (Lipinski definition) is 6. The maximum absolute atomic E-state index is 12.0. The Bertz CT molecular complexity index is 955. The van der Waals surface area contributed by atoms with Crippen LogP contribution in [-0.2, 0) is 11.3 Å². The normalized spacial score (nSPS) is 11.2. The van der Waals surface area contributed by atoms with Crippen molar-refractivity contribution in [2.24, 2.45) is 5.10 Å². The van der Waals surface area contributed by atoms with E-state index in [0.29, 0.717) is 16.7 Å². The third-order valence-corrected chi connectivity index (χ3v) is 6.22. The van der Waals surface area contributed by atoms with E-state index in [2.05, 4.69) is 36.7 Å². The van der Waals surface area contributed by atoms with Crippen LogP contribution in [0.3, 0.4) is 0 Å². The summed E-state index contributed by atoms with van der Waals surface area (Å²) in [6.45, 7) is 2.71. The molecule has 0 saturated carbocycles. The van der Waals surface area contributed by atoms with Crippen LogP contribution >= 0.6 is 50.6 Å². The van der Waals surface area contributed by atoms with Gasteiger partial charge in [-0.25, -0.2) is 5.43 Å². The maximum Gasteiger partial charge on any atom is 0.250 e. The molecule has 2 heterocycles. The zero-order chi connectivity index (χ0) is 19.2. The summed E-state index contributed by atoms with van der Waals surface area (Å²) in [7, 11) is 0. The predicted octanol–water partition coefficient (Wildman–Crippen LogP) is 4.68. The van der Waals surface area contributed by atoms with Gasteiger partial charge in [0.25, 0.3) is 5.91 Å². The average molecular weight is 485 g/mol. The Morgan fingerprint density at radius 2 is 2.11 bits per heavy atom. The minimum Gasteiger partial charge on any atom is -0.302 e.